The molecule has 3 aromatic rings. The molecule has 23 heteroatoms. The Morgan fingerprint density at radius 2 is 1.54 bits per heavy atom. The Morgan fingerprint density at radius 3 is 2.17 bits per heavy atom. The SMILES string of the molecule is C=C(CO)C1CCc2c(O)c3c(c(O)c2C1)C(=O)c1cccc(OC)c1C3=O.CC.CC(C)C[C@H](NC(=O)C1CCCN1C(=O)CNC(=O)C(C)NC(=O)CNC(=O)OCc1ccccc1)C(=O)NC1CC(O)OC(C)C1O.CCCCN. The molecule has 0 saturated carbocycles. The molecule has 456 valence electrons. The fourth-order valence-electron chi connectivity index (χ4n) is 9.99. The molecular formula is C60H85N7O16. The maximum absolute atomic E-state index is 13.3. The fraction of sp³-hybridized carbons (Fsp3) is 0.533. The smallest absolute Gasteiger partial charge is 0.407 e. The summed E-state index contributed by atoms with van der Waals surface area (Å²) in [7, 11) is 1.40. The molecule has 8 atom stereocenters. The van der Waals surface area contributed by atoms with Crippen molar-refractivity contribution in [2.24, 2.45) is 17.6 Å². The highest BCUT2D eigenvalue weighted by atomic mass is 16.6. The van der Waals surface area contributed by atoms with E-state index in [-0.39, 0.29) is 77.5 Å². The van der Waals surface area contributed by atoms with Crippen molar-refractivity contribution in [1.82, 2.24) is 31.5 Å². The molecule has 4 aliphatic rings. The summed E-state index contributed by atoms with van der Waals surface area (Å²) in [5.74, 6) is -4.25. The van der Waals surface area contributed by atoms with E-state index < -0.39 is 103 Å². The van der Waals surface area contributed by atoms with Gasteiger partial charge in [-0.2, -0.15) is 0 Å². The summed E-state index contributed by atoms with van der Waals surface area (Å²) in [4.78, 5) is 104. The van der Waals surface area contributed by atoms with Crippen LogP contribution >= 0.6 is 0 Å². The predicted octanol–water partition coefficient (Wildman–Crippen LogP) is 3.34. The number of phenolic OH excluding ortho intramolecular Hbond substituents is 2. The van der Waals surface area contributed by atoms with Crippen molar-refractivity contribution in [3.05, 3.63) is 99.6 Å². The number of aliphatic hydroxyl groups excluding tert-OH is 3. The van der Waals surface area contributed by atoms with Crippen LogP contribution in [0.4, 0.5) is 4.79 Å². The number of alkyl carbamates (subject to hydrolysis) is 1. The van der Waals surface area contributed by atoms with E-state index in [1.165, 1.54) is 37.8 Å². The molecular weight excluding hydrogens is 1070 g/mol. The number of fused-ring (bicyclic) bond motifs is 3. The highest BCUT2D eigenvalue weighted by Crippen LogP contribution is 2.48. The van der Waals surface area contributed by atoms with Crippen LogP contribution in [0.5, 0.6) is 17.2 Å². The van der Waals surface area contributed by atoms with Crippen molar-refractivity contribution >= 4 is 47.2 Å². The van der Waals surface area contributed by atoms with Gasteiger partial charge in [0.05, 0.1) is 49.1 Å². The zero-order valence-corrected chi connectivity index (χ0v) is 48.9. The molecule has 2 aliphatic heterocycles. The lowest BCUT2D eigenvalue weighted by molar-refractivity contribution is -0.202. The lowest BCUT2D eigenvalue weighted by atomic mass is 9.74. The van der Waals surface area contributed by atoms with Gasteiger partial charge < -0.3 is 77.0 Å². The number of methoxy groups -OCH3 is 1. The summed E-state index contributed by atoms with van der Waals surface area (Å²) in [6.45, 7) is 16.9. The van der Waals surface area contributed by atoms with Crippen LogP contribution in [-0.4, -0.2) is 160 Å². The average Bonchev–Trinajstić information content (AvgIpc) is 2.27. The standard InChI is InChI=1S/C32H48N6O10.C22H20O6.C4H11N.C2H6/c1-18(2)13-23(30(44)36-22-14-27(41)48-20(4)28(22)42)37-31(45)24-11-8-12-38(24)26(40)16-33-29(43)19(3)35-25(39)15-34-32(46)47-17-21-9-6-5-7-10-21;1-10(9-23)11-6-7-12-14(8-11)21(26)17-18(19(12)24)22(27)16-13(20(17)25)4-3-5-15(16)28-2;1-2-3-4-5;1-2/h5-7,9-10,18-20,22-24,27-28,41-42H,8,11-17H2,1-4H3,(H,33,43)(H,34,46)(H,35,39)(H,36,44)(H,37,45);3-5,11,23-24,26H,1,6-9H2,2H3;2-5H2,1H3;1-2H3/t19?,20?,22?,23-,24?,27?,28?;;;/m0.../s1. The maximum Gasteiger partial charge on any atom is 0.407 e. The molecule has 83 heavy (non-hydrogen) atoms. The number of hydrogen-bond donors (Lipinski definition) is 11. The molecule has 6 amide bonds. The minimum absolute atomic E-state index is 0.0147. The molecule has 0 spiro atoms. The number of nitrogens with zero attached hydrogens (tertiary/aromatic N) is 1. The first-order valence-electron chi connectivity index (χ1n) is 28.3. The van der Waals surface area contributed by atoms with E-state index >= 15 is 0 Å². The van der Waals surface area contributed by atoms with Gasteiger partial charge in [-0.1, -0.05) is 90.1 Å². The van der Waals surface area contributed by atoms with Crippen molar-refractivity contribution < 1.29 is 78.1 Å². The number of hydrogen-bond acceptors (Lipinski definition) is 17. The number of nitrogens with one attached hydrogen (secondary N) is 5. The van der Waals surface area contributed by atoms with Crippen LogP contribution in [0.15, 0.2) is 60.7 Å². The highest BCUT2D eigenvalue weighted by molar-refractivity contribution is 6.31. The highest BCUT2D eigenvalue weighted by Gasteiger charge is 2.42. The van der Waals surface area contributed by atoms with Crippen LogP contribution < -0.4 is 37.1 Å². The first kappa shape index (κ1) is 68.1. The topological polar surface area (TPSA) is 355 Å². The van der Waals surface area contributed by atoms with E-state index in [9.17, 15) is 63.9 Å². The second kappa shape index (κ2) is 33.0. The van der Waals surface area contributed by atoms with Gasteiger partial charge in [0.25, 0.3) is 0 Å². The molecule has 3 aromatic carbocycles. The van der Waals surface area contributed by atoms with Crippen LogP contribution in [0.3, 0.4) is 0 Å². The van der Waals surface area contributed by atoms with Crippen molar-refractivity contribution in [1.29, 1.82) is 0 Å². The Kier molecular flexibility index (Phi) is 27.1. The molecule has 7 rings (SSSR count). The summed E-state index contributed by atoms with van der Waals surface area (Å²) >= 11 is 0. The van der Waals surface area contributed by atoms with Gasteiger partial charge in [-0.25, -0.2) is 4.79 Å². The number of rotatable bonds is 19. The van der Waals surface area contributed by atoms with Gasteiger partial charge in [0.2, 0.25) is 35.3 Å². The molecule has 7 unspecified atom stereocenters. The summed E-state index contributed by atoms with van der Waals surface area (Å²) in [6.07, 6.45) is 1.23. The minimum atomic E-state index is -1.15. The van der Waals surface area contributed by atoms with Gasteiger partial charge >= 0.3 is 6.09 Å². The largest absolute Gasteiger partial charge is 0.507 e. The number of likely N-dealkylation sites (tertiary alicyclic amines) is 1. The molecule has 2 saturated heterocycles. The summed E-state index contributed by atoms with van der Waals surface area (Å²) < 4.78 is 15.5. The average molecular weight is 1160 g/mol. The van der Waals surface area contributed by atoms with Crippen molar-refractivity contribution in [2.45, 2.75) is 156 Å². The number of carbonyl (C=O) groups excluding carboxylic acids is 8. The maximum atomic E-state index is 13.3. The third-order valence-electron chi connectivity index (χ3n) is 14.4. The van der Waals surface area contributed by atoms with E-state index in [1.807, 2.05) is 33.8 Å². The molecule has 0 radical (unpaired) electrons. The summed E-state index contributed by atoms with van der Waals surface area (Å²) in [5.41, 5.74) is 7.36. The number of aromatic hydroxyl groups is 2. The summed E-state index contributed by atoms with van der Waals surface area (Å²) in [6, 6.07) is 10.1. The number of ether oxygens (including phenoxy) is 3. The van der Waals surface area contributed by atoms with Crippen LogP contribution in [0, 0.1) is 11.8 Å². The van der Waals surface area contributed by atoms with Gasteiger partial charge in [-0.3, -0.25) is 33.6 Å². The lowest BCUT2D eigenvalue weighted by Gasteiger charge is -2.37. The second-order valence-corrected chi connectivity index (χ2v) is 20.8. The van der Waals surface area contributed by atoms with E-state index in [2.05, 4.69) is 40.1 Å². The Hall–Kier alpha value is -7.44. The number of nitrogens with two attached hydrogens (primary N) is 1. The van der Waals surface area contributed by atoms with E-state index in [0.29, 0.717) is 55.2 Å². The van der Waals surface area contributed by atoms with Gasteiger partial charge in [0.15, 0.2) is 12.1 Å². The van der Waals surface area contributed by atoms with Crippen molar-refractivity contribution in [2.75, 3.05) is 39.9 Å². The van der Waals surface area contributed by atoms with Gasteiger partial charge in [-0.05, 0) is 94.4 Å². The van der Waals surface area contributed by atoms with Crippen molar-refractivity contribution in [3.63, 3.8) is 0 Å². The second-order valence-electron chi connectivity index (χ2n) is 20.8. The van der Waals surface area contributed by atoms with E-state index in [4.69, 9.17) is 19.9 Å². The number of unbranched alkanes of at least 4 members (excludes halogenated alkanes) is 1. The molecule has 0 bridgehead atoms. The van der Waals surface area contributed by atoms with Gasteiger partial charge in [-0.15, -0.1) is 0 Å². The normalized spacial score (nSPS) is 20.0. The molecule has 12 N–H and O–H groups in total. The number of ketones is 2. The molecule has 2 aliphatic carbocycles. The minimum Gasteiger partial charge on any atom is -0.507 e. The Morgan fingerprint density at radius 1 is 0.867 bits per heavy atom. The van der Waals surface area contributed by atoms with Crippen LogP contribution in [-0.2, 0) is 52.9 Å². The van der Waals surface area contributed by atoms with E-state index in [0.717, 1.165) is 12.1 Å². The number of carbonyl (C=O) groups is 8. The number of amides is 6. The Bertz CT molecular complexity index is 2750. The monoisotopic (exact) mass is 1160 g/mol. The third-order valence-corrected chi connectivity index (χ3v) is 14.4. The third kappa shape index (κ3) is 18.3. The molecule has 23 nitrogen and oxygen atoms in total. The number of benzene rings is 3. The zero-order chi connectivity index (χ0) is 61.7. The molecule has 2 fully saturated rings. The van der Waals surface area contributed by atoms with Crippen LogP contribution in [0.1, 0.15) is 142 Å². The fourth-order valence-corrected chi connectivity index (χ4v) is 9.99. The number of phenols is 2. The predicted molar refractivity (Wildman–Crippen MR) is 307 cm³/mol. The first-order valence-corrected chi connectivity index (χ1v) is 28.3. The van der Waals surface area contributed by atoms with E-state index in [1.54, 1.807) is 43.3 Å². The first-order chi connectivity index (χ1) is 39.6. The van der Waals surface area contributed by atoms with Crippen LogP contribution in [0.25, 0.3) is 0 Å². The molecule has 0 aromatic heterocycles. The Balaban J connectivity index is 0.000000354. The van der Waals surface area contributed by atoms with Crippen molar-refractivity contribution in [3.8, 4) is 17.2 Å². The summed E-state index contributed by atoms with van der Waals surface area (Å²) in [5, 5.41) is 64.1. The Labute approximate surface area is 485 Å². The van der Waals surface area contributed by atoms with Gasteiger partial charge in [0.1, 0.15) is 54.6 Å². The van der Waals surface area contributed by atoms with Gasteiger partial charge in [0, 0.05) is 29.7 Å². The molecule has 2 heterocycles. The lowest BCUT2D eigenvalue weighted by Crippen LogP contribution is -2.59. The number of aliphatic hydroxyl groups is 3. The zero-order valence-electron chi connectivity index (χ0n) is 48.9. The quantitative estimate of drug-likeness (QED) is 0.0474. The van der Waals surface area contributed by atoms with Crippen LogP contribution in [0.2, 0.25) is 0 Å².